The van der Waals surface area contributed by atoms with Gasteiger partial charge in [-0.3, -0.25) is 19.2 Å². The van der Waals surface area contributed by atoms with E-state index in [1.165, 1.54) is 0 Å². The highest BCUT2D eigenvalue weighted by molar-refractivity contribution is 5.90. The SMILES string of the molecule is CC(C)CC(NC(=O)C(N)COCc1ccccc1)C(=O)NC(CO)C(O)C(O)C(O)C(=O)NC(CC(=O)O)c1ccccc1. The van der Waals surface area contributed by atoms with E-state index in [4.69, 9.17) is 10.5 Å². The maximum Gasteiger partial charge on any atom is 0.305 e. The molecule has 0 heterocycles. The number of carbonyl (C=O) groups excluding carboxylic acids is 3. The maximum atomic E-state index is 13.1. The number of carbonyl (C=O) groups is 4. The van der Waals surface area contributed by atoms with Gasteiger partial charge in [0, 0.05) is 0 Å². The van der Waals surface area contributed by atoms with Gasteiger partial charge in [-0.2, -0.15) is 0 Å². The number of nitrogens with one attached hydrogen (secondary N) is 3. The Balaban J connectivity index is 2.01. The Hall–Kier alpha value is -3.92. The summed E-state index contributed by atoms with van der Waals surface area (Å²) in [6.07, 6.45) is -6.87. The predicted molar refractivity (Wildman–Crippen MR) is 162 cm³/mol. The molecule has 14 heteroatoms. The van der Waals surface area contributed by atoms with Gasteiger partial charge in [0.15, 0.2) is 6.10 Å². The molecule has 0 aliphatic rings. The molecule has 0 aromatic heterocycles. The Bertz CT molecular complexity index is 1220. The van der Waals surface area contributed by atoms with E-state index < -0.39 is 79.2 Å². The lowest BCUT2D eigenvalue weighted by Crippen LogP contribution is -2.60. The molecule has 45 heavy (non-hydrogen) atoms. The molecule has 2 aromatic carbocycles. The first-order chi connectivity index (χ1) is 21.3. The zero-order valence-electron chi connectivity index (χ0n) is 25.3. The molecule has 14 nitrogen and oxygen atoms in total. The van der Waals surface area contributed by atoms with Crippen LogP contribution >= 0.6 is 0 Å². The molecular weight excluding hydrogens is 588 g/mol. The Labute approximate surface area is 261 Å². The van der Waals surface area contributed by atoms with E-state index in [-0.39, 0.29) is 25.6 Å². The van der Waals surface area contributed by atoms with Gasteiger partial charge in [0.1, 0.15) is 24.3 Å². The second-order valence-electron chi connectivity index (χ2n) is 11.1. The lowest BCUT2D eigenvalue weighted by molar-refractivity contribution is -0.145. The molecule has 0 aliphatic heterocycles. The van der Waals surface area contributed by atoms with E-state index >= 15 is 0 Å². The molecule has 0 spiro atoms. The zero-order valence-corrected chi connectivity index (χ0v) is 25.3. The average Bonchev–Trinajstić information content (AvgIpc) is 3.02. The molecular formula is C31H44N4O10. The largest absolute Gasteiger partial charge is 0.481 e. The van der Waals surface area contributed by atoms with Crippen molar-refractivity contribution in [2.45, 2.75) is 75.8 Å². The van der Waals surface area contributed by atoms with E-state index in [1.54, 1.807) is 44.2 Å². The summed E-state index contributed by atoms with van der Waals surface area (Å²) in [5, 5.41) is 58.1. The summed E-state index contributed by atoms with van der Waals surface area (Å²) in [6.45, 7) is 2.81. The van der Waals surface area contributed by atoms with Gasteiger partial charge in [-0.25, -0.2) is 0 Å². The monoisotopic (exact) mass is 632 g/mol. The summed E-state index contributed by atoms with van der Waals surface area (Å²) in [5.74, 6) is -3.99. The molecule has 248 valence electrons. The van der Waals surface area contributed by atoms with Crippen LogP contribution in [0.5, 0.6) is 0 Å². The van der Waals surface area contributed by atoms with Crippen molar-refractivity contribution < 1.29 is 49.4 Å². The average molecular weight is 633 g/mol. The predicted octanol–water partition coefficient (Wildman–Crippen LogP) is -1.05. The minimum absolute atomic E-state index is 0.0800. The number of nitrogens with two attached hydrogens (primary N) is 1. The van der Waals surface area contributed by atoms with Crippen LogP contribution in [0.3, 0.4) is 0 Å². The lowest BCUT2D eigenvalue weighted by atomic mass is 9.98. The van der Waals surface area contributed by atoms with Crippen molar-refractivity contribution in [1.29, 1.82) is 0 Å². The van der Waals surface area contributed by atoms with E-state index in [2.05, 4.69) is 16.0 Å². The van der Waals surface area contributed by atoms with Gasteiger partial charge in [-0.15, -0.1) is 0 Å². The summed E-state index contributed by atoms with van der Waals surface area (Å²) >= 11 is 0. The first-order valence-corrected chi connectivity index (χ1v) is 14.5. The number of ether oxygens (including phenoxy) is 1. The summed E-state index contributed by atoms with van der Waals surface area (Å²) in [6, 6.07) is 12.5. The molecule has 2 rings (SSSR count). The van der Waals surface area contributed by atoms with Gasteiger partial charge >= 0.3 is 5.97 Å². The van der Waals surface area contributed by atoms with Crippen LogP contribution in [0.15, 0.2) is 60.7 Å². The summed E-state index contributed by atoms with van der Waals surface area (Å²) in [5.41, 5.74) is 7.27. The smallest absolute Gasteiger partial charge is 0.305 e. The third kappa shape index (κ3) is 12.5. The van der Waals surface area contributed by atoms with E-state index in [9.17, 15) is 44.7 Å². The van der Waals surface area contributed by atoms with Gasteiger partial charge in [0.25, 0.3) is 5.91 Å². The fraction of sp³-hybridized carbons (Fsp3) is 0.484. The molecule has 7 unspecified atom stereocenters. The first-order valence-electron chi connectivity index (χ1n) is 14.5. The van der Waals surface area contributed by atoms with Gasteiger partial charge in [-0.1, -0.05) is 74.5 Å². The van der Waals surface area contributed by atoms with Crippen LogP contribution in [0.4, 0.5) is 0 Å². The number of aliphatic hydroxyl groups excluding tert-OH is 4. The van der Waals surface area contributed by atoms with Gasteiger partial charge in [0.05, 0.1) is 38.3 Å². The van der Waals surface area contributed by atoms with Crippen LogP contribution < -0.4 is 21.7 Å². The second kappa shape index (κ2) is 18.8. The van der Waals surface area contributed by atoms with Crippen LogP contribution in [-0.4, -0.2) is 98.9 Å². The Morgan fingerprint density at radius 2 is 1.42 bits per heavy atom. The molecule has 0 bridgehead atoms. The molecule has 0 radical (unpaired) electrons. The maximum absolute atomic E-state index is 13.1. The topological polar surface area (TPSA) is 241 Å². The highest BCUT2D eigenvalue weighted by atomic mass is 16.5. The molecule has 10 N–H and O–H groups in total. The van der Waals surface area contributed by atoms with E-state index in [0.29, 0.717) is 5.56 Å². The second-order valence-corrected chi connectivity index (χ2v) is 11.1. The third-order valence-corrected chi connectivity index (χ3v) is 6.86. The number of rotatable bonds is 19. The van der Waals surface area contributed by atoms with Gasteiger partial charge in [-0.05, 0) is 23.5 Å². The fourth-order valence-electron chi connectivity index (χ4n) is 4.41. The lowest BCUT2D eigenvalue weighted by Gasteiger charge is -2.31. The standard InChI is InChI=1S/C31H44N4O10/c1-18(2)13-23(34-29(42)21(32)17-45-16-19-9-5-3-6-10-19)30(43)35-24(15-36)26(39)27(40)28(41)31(44)33-22(14-25(37)38)20-11-7-4-8-12-20/h3-12,18,21-24,26-28,36,39-41H,13-17,32H2,1-2H3,(H,33,44)(H,34,42)(H,35,43)(H,37,38). The van der Waals surface area contributed by atoms with Crippen LogP contribution in [0.1, 0.15) is 43.9 Å². The molecule has 0 fully saturated rings. The Morgan fingerprint density at radius 1 is 0.822 bits per heavy atom. The van der Waals surface area contributed by atoms with Gasteiger partial charge < -0.3 is 52.0 Å². The number of amides is 3. The molecule has 2 aromatic rings. The summed E-state index contributed by atoms with van der Waals surface area (Å²) < 4.78 is 5.51. The molecule has 3 amide bonds. The number of benzene rings is 2. The fourth-order valence-corrected chi connectivity index (χ4v) is 4.41. The molecule has 0 saturated carbocycles. The Morgan fingerprint density at radius 3 is 1.98 bits per heavy atom. The highest BCUT2D eigenvalue weighted by Gasteiger charge is 2.37. The minimum Gasteiger partial charge on any atom is -0.481 e. The third-order valence-electron chi connectivity index (χ3n) is 6.86. The van der Waals surface area contributed by atoms with Crippen molar-refractivity contribution >= 4 is 23.7 Å². The number of hydrogen-bond donors (Lipinski definition) is 9. The van der Waals surface area contributed by atoms with Crippen molar-refractivity contribution in [3.8, 4) is 0 Å². The van der Waals surface area contributed by atoms with Crippen molar-refractivity contribution in [1.82, 2.24) is 16.0 Å². The Kier molecular flexibility index (Phi) is 15.6. The molecule has 0 saturated heterocycles. The normalized spacial score (nSPS) is 16.0. The molecule has 0 aliphatic carbocycles. The van der Waals surface area contributed by atoms with Crippen LogP contribution in [0.2, 0.25) is 0 Å². The number of aliphatic carboxylic acids is 1. The summed E-state index contributed by atoms with van der Waals surface area (Å²) in [4.78, 5) is 49.9. The number of hydrogen-bond acceptors (Lipinski definition) is 10. The van der Waals surface area contributed by atoms with Crippen molar-refractivity contribution in [2.24, 2.45) is 11.7 Å². The van der Waals surface area contributed by atoms with E-state index in [1.807, 2.05) is 30.3 Å². The van der Waals surface area contributed by atoms with Crippen molar-refractivity contribution in [3.05, 3.63) is 71.8 Å². The quantitative estimate of drug-likeness (QED) is 0.0905. The van der Waals surface area contributed by atoms with Crippen LogP contribution in [0, 0.1) is 5.92 Å². The van der Waals surface area contributed by atoms with Crippen molar-refractivity contribution in [2.75, 3.05) is 13.2 Å². The van der Waals surface area contributed by atoms with Gasteiger partial charge in [0.2, 0.25) is 11.8 Å². The highest BCUT2D eigenvalue weighted by Crippen LogP contribution is 2.18. The van der Waals surface area contributed by atoms with E-state index in [0.717, 1.165) is 5.56 Å². The van der Waals surface area contributed by atoms with Crippen LogP contribution in [0.25, 0.3) is 0 Å². The minimum atomic E-state index is -2.26. The van der Waals surface area contributed by atoms with Crippen molar-refractivity contribution in [3.63, 3.8) is 0 Å². The zero-order chi connectivity index (χ0) is 33.5. The number of carboxylic acids is 1. The first kappa shape index (κ1) is 37.3. The van der Waals surface area contributed by atoms with Crippen LogP contribution in [-0.2, 0) is 30.5 Å². The number of aliphatic hydroxyl groups is 4. The number of carboxylic acid groups (broad SMARTS) is 1. The molecule has 7 atom stereocenters. The summed E-state index contributed by atoms with van der Waals surface area (Å²) in [7, 11) is 0.